The topological polar surface area (TPSA) is 43.4 Å². The second-order valence-electron chi connectivity index (χ2n) is 4.91. The molecule has 0 aliphatic carbocycles. The number of carbonyl (C=O) groups excluding carboxylic acids is 2. The largest absolute Gasteiger partial charge is 0.466 e. The molecule has 0 aromatic rings. The second-order valence-corrected chi connectivity index (χ2v) is 5.53. The van der Waals surface area contributed by atoms with Crippen molar-refractivity contribution in [3.05, 3.63) is 0 Å². The van der Waals surface area contributed by atoms with Gasteiger partial charge in [0.15, 0.2) is 0 Å². The van der Waals surface area contributed by atoms with E-state index < -0.39 is 5.41 Å². The first kappa shape index (κ1) is 16.5. The van der Waals surface area contributed by atoms with Crippen molar-refractivity contribution in [2.75, 3.05) is 6.61 Å². The summed E-state index contributed by atoms with van der Waals surface area (Å²) in [4.78, 5) is 23.5. The lowest BCUT2D eigenvalue weighted by Gasteiger charge is -2.22. The van der Waals surface area contributed by atoms with Crippen LogP contribution in [0, 0.1) is 5.41 Å². The maximum atomic E-state index is 11.9. The number of hydrogen-bond donors (Lipinski definition) is 1. The lowest BCUT2D eigenvalue weighted by Crippen LogP contribution is -2.32. The Hall–Kier alpha value is -0.510. The molecule has 100 valence electrons. The molecule has 0 aromatic heterocycles. The first-order chi connectivity index (χ1) is 7.85. The number of ether oxygens (including phenoxy) is 1. The predicted octanol–water partition coefficient (Wildman–Crippen LogP) is 3.02. The van der Waals surface area contributed by atoms with Gasteiger partial charge in [0.2, 0.25) is 0 Å². The molecule has 0 aromatic carbocycles. The quantitative estimate of drug-likeness (QED) is 0.539. The van der Waals surface area contributed by atoms with Crippen LogP contribution in [0.3, 0.4) is 0 Å². The lowest BCUT2D eigenvalue weighted by molar-refractivity contribution is -0.155. The Labute approximate surface area is 110 Å². The summed E-state index contributed by atoms with van der Waals surface area (Å²) in [6.07, 6.45) is 3.01. The Bertz CT molecular complexity index is 261. The fourth-order valence-corrected chi connectivity index (χ4v) is 1.78. The molecule has 0 saturated heterocycles. The number of hydrogen-bond acceptors (Lipinski definition) is 4. The second kappa shape index (κ2) is 7.75. The number of rotatable bonds is 8. The molecule has 0 spiro atoms. The van der Waals surface area contributed by atoms with Crippen LogP contribution in [0.15, 0.2) is 0 Å². The minimum atomic E-state index is -0.750. The third kappa shape index (κ3) is 6.10. The molecule has 0 radical (unpaired) electrons. The van der Waals surface area contributed by atoms with Crippen LogP contribution in [0.1, 0.15) is 53.4 Å². The summed E-state index contributed by atoms with van der Waals surface area (Å²) in [6.45, 7) is 7.66. The van der Waals surface area contributed by atoms with E-state index in [1.54, 1.807) is 20.8 Å². The summed E-state index contributed by atoms with van der Waals surface area (Å²) in [6, 6.07) is 0. The molecule has 0 fully saturated rings. The van der Waals surface area contributed by atoms with E-state index in [9.17, 15) is 9.59 Å². The molecule has 4 heteroatoms. The maximum Gasteiger partial charge on any atom is 0.311 e. The van der Waals surface area contributed by atoms with Crippen LogP contribution in [0.4, 0.5) is 0 Å². The van der Waals surface area contributed by atoms with E-state index >= 15 is 0 Å². The number of unbranched alkanes of at least 4 members (excludes halogenated alkanes) is 1. The highest BCUT2D eigenvalue weighted by Gasteiger charge is 2.33. The van der Waals surface area contributed by atoms with Crippen LogP contribution in [-0.2, 0) is 14.3 Å². The van der Waals surface area contributed by atoms with Gasteiger partial charge in [0.05, 0.1) is 17.3 Å². The molecule has 0 heterocycles. The third-order valence-corrected chi connectivity index (χ3v) is 3.19. The Kier molecular flexibility index (Phi) is 7.51. The zero-order chi connectivity index (χ0) is 13.5. The van der Waals surface area contributed by atoms with Gasteiger partial charge in [-0.05, 0) is 27.2 Å². The monoisotopic (exact) mass is 260 g/mol. The van der Waals surface area contributed by atoms with Gasteiger partial charge in [0.1, 0.15) is 5.78 Å². The van der Waals surface area contributed by atoms with Crippen LogP contribution in [0.5, 0.6) is 0 Å². The van der Waals surface area contributed by atoms with Gasteiger partial charge in [-0.3, -0.25) is 9.59 Å². The van der Waals surface area contributed by atoms with E-state index in [-0.39, 0.29) is 23.4 Å². The van der Waals surface area contributed by atoms with Crippen LogP contribution >= 0.6 is 12.6 Å². The molecule has 3 nitrogen and oxygen atoms in total. The van der Waals surface area contributed by atoms with Crippen molar-refractivity contribution in [3.63, 3.8) is 0 Å². The van der Waals surface area contributed by atoms with Gasteiger partial charge in [-0.25, -0.2) is 0 Å². The number of ketones is 1. The standard InChI is InChI=1S/C13H24O3S/c1-5-7-8-11(17)10(14)9-13(3,4)12(15)16-6-2/h11,17H,5-9H2,1-4H3. The number of thiol groups is 1. The molecule has 0 bridgehead atoms. The number of esters is 1. The fourth-order valence-electron chi connectivity index (χ4n) is 1.51. The molecule has 17 heavy (non-hydrogen) atoms. The molecule has 0 N–H and O–H groups in total. The normalized spacial score (nSPS) is 13.2. The molecule has 1 unspecified atom stereocenters. The highest BCUT2D eigenvalue weighted by atomic mass is 32.1. The average molecular weight is 260 g/mol. The number of Topliss-reactive ketones (excluding diaryl/α,β-unsaturated/α-hetero) is 1. The smallest absolute Gasteiger partial charge is 0.311 e. The van der Waals surface area contributed by atoms with Crippen molar-refractivity contribution >= 4 is 24.4 Å². The first-order valence-electron chi connectivity index (χ1n) is 6.23. The Morgan fingerprint density at radius 3 is 2.35 bits per heavy atom. The van der Waals surface area contributed by atoms with E-state index in [0.29, 0.717) is 6.61 Å². The predicted molar refractivity (Wildman–Crippen MR) is 72.3 cm³/mol. The Balaban J connectivity index is 4.30. The van der Waals surface area contributed by atoms with Crippen molar-refractivity contribution in [1.29, 1.82) is 0 Å². The molecule has 0 rings (SSSR count). The van der Waals surface area contributed by atoms with Crippen molar-refractivity contribution in [2.45, 2.75) is 58.6 Å². The maximum absolute atomic E-state index is 11.9. The van der Waals surface area contributed by atoms with Crippen LogP contribution < -0.4 is 0 Å². The Morgan fingerprint density at radius 1 is 1.29 bits per heavy atom. The molecule has 0 aliphatic rings. The minimum absolute atomic E-state index is 0.0276. The van der Waals surface area contributed by atoms with Crippen molar-refractivity contribution in [1.82, 2.24) is 0 Å². The van der Waals surface area contributed by atoms with Crippen molar-refractivity contribution in [3.8, 4) is 0 Å². The van der Waals surface area contributed by atoms with E-state index in [0.717, 1.165) is 19.3 Å². The van der Waals surface area contributed by atoms with E-state index in [4.69, 9.17) is 4.74 Å². The van der Waals surface area contributed by atoms with Gasteiger partial charge in [-0.1, -0.05) is 19.8 Å². The molecular weight excluding hydrogens is 236 g/mol. The highest BCUT2D eigenvalue weighted by Crippen LogP contribution is 2.25. The summed E-state index contributed by atoms with van der Waals surface area (Å²) >= 11 is 4.29. The van der Waals surface area contributed by atoms with E-state index in [1.165, 1.54) is 0 Å². The van der Waals surface area contributed by atoms with Gasteiger partial charge < -0.3 is 4.74 Å². The van der Waals surface area contributed by atoms with E-state index in [2.05, 4.69) is 19.6 Å². The zero-order valence-electron chi connectivity index (χ0n) is 11.3. The molecule has 0 saturated carbocycles. The van der Waals surface area contributed by atoms with Crippen LogP contribution in [-0.4, -0.2) is 23.6 Å². The highest BCUT2D eigenvalue weighted by molar-refractivity contribution is 7.81. The van der Waals surface area contributed by atoms with Gasteiger partial charge in [-0.15, -0.1) is 0 Å². The van der Waals surface area contributed by atoms with Gasteiger partial charge in [-0.2, -0.15) is 12.6 Å². The Morgan fingerprint density at radius 2 is 1.88 bits per heavy atom. The minimum Gasteiger partial charge on any atom is -0.466 e. The summed E-state index contributed by atoms with van der Waals surface area (Å²) in [5, 5.41) is -0.261. The summed E-state index contributed by atoms with van der Waals surface area (Å²) < 4.78 is 4.95. The van der Waals surface area contributed by atoms with Gasteiger partial charge in [0.25, 0.3) is 0 Å². The first-order valence-corrected chi connectivity index (χ1v) is 6.74. The molecule has 1 atom stereocenters. The summed E-state index contributed by atoms with van der Waals surface area (Å²) in [5.74, 6) is -0.288. The lowest BCUT2D eigenvalue weighted by atomic mass is 9.86. The SMILES string of the molecule is CCCCC(S)C(=O)CC(C)(C)C(=O)OCC. The average Bonchev–Trinajstić information content (AvgIpc) is 2.25. The molecular formula is C13H24O3S. The van der Waals surface area contributed by atoms with Crippen LogP contribution in [0.2, 0.25) is 0 Å². The van der Waals surface area contributed by atoms with Crippen molar-refractivity contribution in [2.24, 2.45) is 5.41 Å². The van der Waals surface area contributed by atoms with Gasteiger partial charge >= 0.3 is 5.97 Å². The van der Waals surface area contributed by atoms with Crippen molar-refractivity contribution < 1.29 is 14.3 Å². The van der Waals surface area contributed by atoms with Gasteiger partial charge in [0, 0.05) is 6.42 Å². The summed E-state index contributed by atoms with van der Waals surface area (Å²) in [5.41, 5.74) is -0.750. The third-order valence-electron chi connectivity index (χ3n) is 2.65. The molecule has 0 amide bonds. The fraction of sp³-hybridized carbons (Fsp3) is 0.846. The molecule has 0 aliphatic heterocycles. The number of carbonyl (C=O) groups is 2. The zero-order valence-corrected chi connectivity index (χ0v) is 12.2. The van der Waals surface area contributed by atoms with E-state index in [1.807, 2.05) is 0 Å². The van der Waals surface area contributed by atoms with Crippen LogP contribution in [0.25, 0.3) is 0 Å². The summed E-state index contributed by atoms with van der Waals surface area (Å²) in [7, 11) is 0.